The number of ether oxygens (including phenoxy) is 1. The first kappa shape index (κ1) is 21.3. The standard InChI is InChI=1S/C26H28N2O2S/c1-3-30-23-11-8-20(9-12-23)17-27-26(29)22-10-13-25-24(16-22)28(14-15-31-25)18-21-6-4-19(2)5-7-21/h4-13,16H,3,14-15,17-18H2,1-2H3,(H,27,29). The van der Waals surface area contributed by atoms with E-state index in [2.05, 4.69) is 47.5 Å². The second-order valence-electron chi connectivity index (χ2n) is 7.70. The van der Waals surface area contributed by atoms with Crippen molar-refractivity contribution in [3.05, 3.63) is 89.0 Å². The Kier molecular flexibility index (Phi) is 6.82. The van der Waals surface area contributed by atoms with E-state index in [4.69, 9.17) is 4.74 Å². The highest BCUT2D eigenvalue weighted by Gasteiger charge is 2.19. The van der Waals surface area contributed by atoms with Gasteiger partial charge in [-0.05, 0) is 55.3 Å². The van der Waals surface area contributed by atoms with Crippen LogP contribution in [-0.4, -0.2) is 24.8 Å². The summed E-state index contributed by atoms with van der Waals surface area (Å²) < 4.78 is 5.47. The number of fused-ring (bicyclic) bond motifs is 1. The van der Waals surface area contributed by atoms with Crippen molar-refractivity contribution in [3.8, 4) is 5.75 Å². The molecule has 0 saturated heterocycles. The van der Waals surface area contributed by atoms with Crippen LogP contribution < -0.4 is 15.0 Å². The summed E-state index contributed by atoms with van der Waals surface area (Å²) in [7, 11) is 0. The van der Waals surface area contributed by atoms with Crippen molar-refractivity contribution in [2.75, 3.05) is 23.8 Å². The molecule has 31 heavy (non-hydrogen) atoms. The largest absolute Gasteiger partial charge is 0.494 e. The van der Waals surface area contributed by atoms with E-state index >= 15 is 0 Å². The van der Waals surface area contributed by atoms with Crippen molar-refractivity contribution >= 4 is 23.4 Å². The molecule has 1 heterocycles. The molecule has 1 aliphatic heterocycles. The molecule has 0 fully saturated rings. The van der Waals surface area contributed by atoms with Crippen LogP contribution in [0.3, 0.4) is 0 Å². The maximum absolute atomic E-state index is 12.8. The van der Waals surface area contributed by atoms with Crippen LogP contribution in [0.1, 0.15) is 34.0 Å². The smallest absolute Gasteiger partial charge is 0.251 e. The minimum Gasteiger partial charge on any atom is -0.494 e. The van der Waals surface area contributed by atoms with E-state index in [0.29, 0.717) is 18.7 Å². The average molecular weight is 433 g/mol. The lowest BCUT2D eigenvalue weighted by Crippen LogP contribution is -2.29. The van der Waals surface area contributed by atoms with Gasteiger partial charge in [0.1, 0.15) is 5.75 Å². The van der Waals surface area contributed by atoms with Crippen molar-refractivity contribution in [1.29, 1.82) is 0 Å². The highest BCUT2D eigenvalue weighted by atomic mass is 32.2. The fraction of sp³-hybridized carbons (Fsp3) is 0.269. The summed E-state index contributed by atoms with van der Waals surface area (Å²) in [5, 5.41) is 3.04. The Balaban J connectivity index is 1.44. The monoisotopic (exact) mass is 432 g/mol. The number of hydrogen-bond donors (Lipinski definition) is 1. The fourth-order valence-corrected chi connectivity index (χ4v) is 4.68. The van der Waals surface area contributed by atoms with Crippen LogP contribution in [0, 0.1) is 6.92 Å². The number of carbonyl (C=O) groups excluding carboxylic acids is 1. The third kappa shape index (κ3) is 5.42. The van der Waals surface area contributed by atoms with Crippen LogP contribution in [0.4, 0.5) is 5.69 Å². The molecule has 1 N–H and O–H groups in total. The van der Waals surface area contributed by atoms with Gasteiger partial charge in [0.2, 0.25) is 0 Å². The predicted octanol–water partition coefficient (Wildman–Crippen LogP) is 5.44. The second-order valence-corrected chi connectivity index (χ2v) is 8.83. The van der Waals surface area contributed by atoms with Gasteiger partial charge in [0.15, 0.2) is 0 Å². The summed E-state index contributed by atoms with van der Waals surface area (Å²) in [5.41, 5.74) is 5.44. The number of nitrogens with zero attached hydrogens (tertiary/aromatic N) is 1. The Bertz CT molecular complexity index is 1030. The first-order valence-corrected chi connectivity index (χ1v) is 11.7. The highest BCUT2D eigenvalue weighted by molar-refractivity contribution is 7.99. The summed E-state index contributed by atoms with van der Waals surface area (Å²) in [4.78, 5) is 16.4. The molecule has 5 heteroatoms. The van der Waals surface area contributed by atoms with E-state index in [0.717, 1.165) is 35.8 Å². The van der Waals surface area contributed by atoms with Crippen molar-refractivity contribution in [1.82, 2.24) is 5.32 Å². The SMILES string of the molecule is CCOc1ccc(CNC(=O)c2ccc3c(c2)N(Cc2ccc(C)cc2)CCS3)cc1. The fourth-order valence-electron chi connectivity index (χ4n) is 3.65. The predicted molar refractivity (Wildman–Crippen MR) is 128 cm³/mol. The van der Waals surface area contributed by atoms with Gasteiger partial charge < -0.3 is 15.0 Å². The number of benzene rings is 3. The summed E-state index contributed by atoms with van der Waals surface area (Å²) in [6.07, 6.45) is 0. The second kappa shape index (κ2) is 9.92. The maximum Gasteiger partial charge on any atom is 0.251 e. The average Bonchev–Trinajstić information content (AvgIpc) is 2.80. The number of amides is 1. The first-order valence-electron chi connectivity index (χ1n) is 10.7. The molecule has 0 radical (unpaired) electrons. The normalized spacial score (nSPS) is 12.9. The van der Waals surface area contributed by atoms with Crippen LogP contribution in [0.5, 0.6) is 5.75 Å². The number of thioether (sulfide) groups is 1. The number of hydrogen-bond acceptors (Lipinski definition) is 4. The molecule has 3 aromatic carbocycles. The van der Waals surface area contributed by atoms with E-state index in [1.165, 1.54) is 16.0 Å². The Hall–Kier alpha value is -2.92. The molecular formula is C26H28N2O2S. The van der Waals surface area contributed by atoms with E-state index in [-0.39, 0.29) is 5.91 Å². The number of carbonyl (C=O) groups is 1. The molecule has 4 nitrogen and oxygen atoms in total. The Morgan fingerprint density at radius 3 is 2.52 bits per heavy atom. The quantitative estimate of drug-likeness (QED) is 0.540. The zero-order valence-corrected chi connectivity index (χ0v) is 18.9. The summed E-state index contributed by atoms with van der Waals surface area (Å²) >= 11 is 1.86. The minimum absolute atomic E-state index is 0.0532. The molecule has 1 aliphatic rings. The van der Waals surface area contributed by atoms with Crippen LogP contribution in [0.25, 0.3) is 0 Å². The van der Waals surface area contributed by atoms with E-state index in [1.807, 2.05) is 55.1 Å². The van der Waals surface area contributed by atoms with Gasteiger partial charge in [-0.1, -0.05) is 42.0 Å². The topological polar surface area (TPSA) is 41.6 Å². The minimum atomic E-state index is -0.0532. The van der Waals surface area contributed by atoms with E-state index in [1.54, 1.807) is 0 Å². The van der Waals surface area contributed by atoms with Crippen LogP contribution >= 0.6 is 11.8 Å². The molecule has 0 unspecified atom stereocenters. The molecule has 160 valence electrons. The molecule has 1 amide bonds. The first-order chi connectivity index (χ1) is 15.1. The van der Waals surface area contributed by atoms with Gasteiger partial charge in [0, 0.05) is 35.8 Å². The van der Waals surface area contributed by atoms with Crippen LogP contribution in [-0.2, 0) is 13.1 Å². The third-order valence-electron chi connectivity index (χ3n) is 5.36. The molecule has 0 spiro atoms. The van der Waals surface area contributed by atoms with Gasteiger partial charge in [-0.2, -0.15) is 0 Å². The lowest BCUT2D eigenvalue weighted by Gasteiger charge is -2.31. The lowest BCUT2D eigenvalue weighted by molar-refractivity contribution is 0.0951. The molecule has 0 saturated carbocycles. The summed E-state index contributed by atoms with van der Waals surface area (Å²) in [6, 6.07) is 22.5. The van der Waals surface area contributed by atoms with Gasteiger partial charge in [-0.25, -0.2) is 0 Å². The van der Waals surface area contributed by atoms with Crippen molar-refractivity contribution in [2.45, 2.75) is 31.8 Å². The van der Waals surface area contributed by atoms with Gasteiger partial charge in [-0.15, -0.1) is 11.8 Å². The number of rotatable bonds is 7. The number of aryl methyl sites for hydroxylation is 1. The molecule has 0 aliphatic carbocycles. The zero-order valence-electron chi connectivity index (χ0n) is 18.1. The molecule has 0 atom stereocenters. The zero-order chi connectivity index (χ0) is 21.6. The molecular weight excluding hydrogens is 404 g/mol. The number of anilines is 1. The third-order valence-corrected chi connectivity index (χ3v) is 6.40. The lowest BCUT2D eigenvalue weighted by atomic mass is 10.1. The van der Waals surface area contributed by atoms with Gasteiger partial charge in [-0.3, -0.25) is 4.79 Å². The maximum atomic E-state index is 12.8. The highest BCUT2D eigenvalue weighted by Crippen LogP contribution is 2.36. The van der Waals surface area contributed by atoms with Gasteiger partial charge >= 0.3 is 0 Å². The number of nitrogens with one attached hydrogen (secondary N) is 1. The van der Waals surface area contributed by atoms with Crippen LogP contribution in [0.15, 0.2) is 71.6 Å². The molecule has 3 aromatic rings. The van der Waals surface area contributed by atoms with Crippen LogP contribution in [0.2, 0.25) is 0 Å². The Labute approximate surface area is 188 Å². The van der Waals surface area contributed by atoms with Crippen molar-refractivity contribution in [3.63, 3.8) is 0 Å². The van der Waals surface area contributed by atoms with Gasteiger partial charge in [0.25, 0.3) is 5.91 Å². The Morgan fingerprint density at radius 1 is 1.03 bits per heavy atom. The molecule has 0 aromatic heterocycles. The Morgan fingerprint density at radius 2 is 1.77 bits per heavy atom. The van der Waals surface area contributed by atoms with E-state index < -0.39 is 0 Å². The molecule has 4 rings (SSSR count). The van der Waals surface area contributed by atoms with E-state index in [9.17, 15) is 4.79 Å². The van der Waals surface area contributed by atoms with Crippen molar-refractivity contribution < 1.29 is 9.53 Å². The summed E-state index contributed by atoms with van der Waals surface area (Å²) in [6.45, 7) is 7.04. The molecule has 0 bridgehead atoms. The van der Waals surface area contributed by atoms with Gasteiger partial charge in [0.05, 0.1) is 12.3 Å². The van der Waals surface area contributed by atoms with Crippen molar-refractivity contribution in [2.24, 2.45) is 0 Å². The summed E-state index contributed by atoms with van der Waals surface area (Å²) in [5.74, 6) is 1.85.